The van der Waals surface area contributed by atoms with Gasteiger partial charge in [-0.05, 0) is 48.4 Å². The number of hydrogen-bond acceptors (Lipinski definition) is 2. The molecule has 1 saturated carbocycles. The topological polar surface area (TPSA) is 12.0 Å². The molecule has 4 heteroatoms. The van der Waals surface area contributed by atoms with Crippen molar-refractivity contribution in [2.75, 3.05) is 5.32 Å². The van der Waals surface area contributed by atoms with Crippen LogP contribution in [0.1, 0.15) is 23.8 Å². The summed E-state index contributed by atoms with van der Waals surface area (Å²) in [6, 6.07) is 9.14. The van der Waals surface area contributed by atoms with Crippen molar-refractivity contribution < 1.29 is 4.39 Å². The Bertz CT molecular complexity index is 537. The summed E-state index contributed by atoms with van der Waals surface area (Å²) in [6.07, 6.45) is 2.43. The predicted molar refractivity (Wildman–Crippen MR) is 74.8 cm³/mol. The molecule has 0 saturated heterocycles. The first-order valence-corrected chi connectivity index (χ1v) is 7.25. The zero-order chi connectivity index (χ0) is 12.5. The summed E-state index contributed by atoms with van der Waals surface area (Å²) < 4.78 is 13.8. The van der Waals surface area contributed by atoms with Gasteiger partial charge >= 0.3 is 0 Å². The van der Waals surface area contributed by atoms with E-state index in [1.54, 1.807) is 23.5 Å². The fourth-order valence-corrected chi connectivity index (χ4v) is 3.12. The summed E-state index contributed by atoms with van der Waals surface area (Å²) in [5.74, 6) is 0.337. The Morgan fingerprint density at radius 1 is 1.33 bits per heavy atom. The number of halogens is 2. The van der Waals surface area contributed by atoms with E-state index in [2.05, 4.69) is 16.8 Å². The molecule has 1 aliphatic rings. The van der Waals surface area contributed by atoms with Crippen LogP contribution in [0.25, 0.3) is 0 Å². The largest absolute Gasteiger partial charge is 0.375 e. The summed E-state index contributed by atoms with van der Waals surface area (Å²) in [6.45, 7) is 0. The van der Waals surface area contributed by atoms with E-state index < -0.39 is 0 Å². The standard InChI is InChI=1S/C14H13ClFNS/c15-10-5-6-12(11(16)8-10)17-14(9-3-4-9)13-2-1-7-18-13/h1-2,5-9,14,17H,3-4H2. The third kappa shape index (κ3) is 2.52. The molecule has 18 heavy (non-hydrogen) atoms. The van der Waals surface area contributed by atoms with Gasteiger partial charge in [0.25, 0.3) is 0 Å². The van der Waals surface area contributed by atoms with Gasteiger partial charge < -0.3 is 5.32 Å². The average molecular weight is 282 g/mol. The molecular weight excluding hydrogens is 269 g/mol. The van der Waals surface area contributed by atoms with Crippen molar-refractivity contribution in [1.29, 1.82) is 0 Å². The lowest BCUT2D eigenvalue weighted by Crippen LogP contribution is -2.12. The smallest absolute Gasteiger partial charge is 0.147 e. The molecule has 1 fully saturated rings. The molecule has 94 valence electrons. The number of rotatable bonds is 4. The summed E-state index contributed by atoms with van der Waals surface area (Å²) >= 11 is 7.48. The molecule has 1 N–H and O–H groups in total. The number of anilines is 1. The molecule has 1 aliphatic carbocycles. The Kier molecular flexibility index (Phi) is 3.27. The van der Waals surface area contributed by atoms with Gasteiger partial charge in [0.2, 0.25) is 0 Å². The maximum absolute atomic E-state index is 13.8. The normalized spacial score (nSPS) is 16.6. The zero-order valence-electron chi connectivity index (χ0n) is 9.70. The molecule has 0 spiro atoms. The Morgan fingerprint density at radius 3 is 2.78 bits per heavy atom. The number of benzene rings is 1. The SMILES string of the molecule is Fc1cc(Cl)ccc1NC(c1cccs1)C1CC1. The van der Waals surface area contributed by atoms with E-state index in [-0.39, 0.29) is 11.9 Å². The van der Waals surface area contributed by atoms with Crippen molar-refractivity contribution in [1.82, 2.24) is 0 Å². The van der Waals surface area contributed by atoms with E-state index >= 15 is 0 Å². The van der Waals surface area contributed by atoms with Crippen LogP contribution >= 0.6 is 22.9 Å². The van der Waals surface area contributed by atoms with E-state index in [1.165, 1.54) is 23.8 Å². The van der Waals surface area contributed by atoms with Gasteiger partial charge in [0.05, 0.1) is 11.7 Å². The van der Waals surface area contributed by atoms with Gasteiger partial charge in [-0.3, -0.25) is 0 Å². The Morgan fingerprint density at radius 2 is 2.17 bits per heavy atom. The summed E-state index contributed by atoms with van der Waals surface area (Å²) in [5.41, 5.74) is 0.532. The van der Waals surface area contributed by atoms with Gasteiger partial charge in [-0.1, -0.05) is 17.7 Å². The first-order valence-electron chi connectivity index (χ1n) is 5.99. The van der Waals surface area contributed by atoms with Crippen molar-refractivity contribution in [2.45, 2.75) is 18.9 Å². The van der Waals surface area contributed by atoms with Gasteiger partial charge in [-0.2, -0.15) is 0 Å². The van der Waals surface area contributed by atoms with Gasteiger partial charge in [-0.25, -0.2) is 4.39 Å². The lowest BCUT2D eigenvalue weighted by Gasteiger charge is -2.18. The van der Waals surface area contributed by atoms with E-state index in [0.29, 0.717) is 16.6 Å². The predicted octanol–water partition coefficient (Wildman–Crippen LogP) is 5.10. The molecule has 2 aromatic rings. The van der Waals surface area contributed by atoms with Crippen molar-refractivity contribution in [3.05, 3.63) is 51.4 Å². The summed E-state index contributed by atoms with van der Waals surface area (Å²) in [5, 5.41) is 5.80. The van der Waals surface area contributed by atoms with Gasteiger partial charge in [0, 0.05) is 9.90 Å². The monoisotopic (exact) mass is 281 g/mol. The highest BCUT2D eigenvalue weighted by Gasteiger charge is 2.33. The summed E-state index contributed by atoms with van der Waals surface area (Å²) in [7, 11) is 0. The van der Waals surface area contributed by atoms with Crippen LogP contribution in [0.5, 0.6) is 0 Å². The molecule has 3 rings (SSSR count). The molecule has 1 heterocycles. The van der Waals surface area contributed by atoms with E-state index in [1.807, 2.05) is 6.07 Å². The maximum atomic E-state index is 13.8. The molecule has 1 nitrogen and oxygen atoms in total. The summed E-state index contributed by atoms with van der Waals surface area (Å²) in [4.78, 5) is 1.27. The first kappa shape index (κ1) is 12.0. The zero-order valence-corrected chi connectivity index (χ0v) is 11.3. The molecule has 0 radical (unpaired) electrons. The van der Waals surface area contributed by atoms with Crippen LogP contribution in [0.15, 0.2) is 35.7 Å². The van der Waals surface area contributed by atoms with Crippen LogP contribution in [0.4, 0.5) is 10.1 Å². The Labute approximate surface area is 115 Å². The van der Waals surface area contributed by atoms with Crippen molar-refractivity contribution >= 4 is 28.6 Å². The van der Waals surface area contributed by atoms with Crippen LogP contribution in [0.3, 0.4) is 0 Å². The minimum atomic E-state index is -0.287. The van der Waals surface area contributed by atoms with E-state index in [9.17, 15) is 4.39 Å². The second kappa shape index (κ2) is 4.90. The molecular formula is C14H13ClFNS. The molecule has 0 amide bonds. The lowest BCUT2D eigenvalue weighted by molar-refractivity contribution is 0.618. The van der Waals surface area contributed by atoms with Crippen LogP contribution in [-0.4, -0.2) is 0 Å². The minimum Gasteiger partial charge on any atom is -0.375 e. The van der Waals surface area contributed by atoms with Crippen LogP contribution < -0.4 is 5.32 Å². The van der Waals surface area contributed by atoms with Crippen LogP contribution in [0.2, 0.25) is 5.02 Å². The van der Waals surface area contributed by atoms with Crippen LogP contribution in [0, 0.1) is 11.7 Å². The fourth-order valence-electron chi connectivity index (χ4n) is 2.09. The van der Waals surface area contributed by atoms with E-state index in [4.69, 9.17) is 11.6 Å². The number of nitrogens with one attached hydrogen (secondary N) is 1. The number of hydrogen-bond donors (Lipinski definition) is 1. The first-order chi connectivity index (χ1) is 8.74. The minimum absolute atomic E-state index is 0.223. The fraction of sp³-hybridized carbons (Fsp3) is 0.286. The van der Waals surface area contributed by atoms with Gasteiger partial charge in [0.15, 0.2) is 0 Å². The molecule has 0 bridgehead atoms. The third-order valence-corrected chi connectivity index (χ3v) is 4.38. The third-order valence-electron chi connectivity index (χ3n) is 3.19. The lowest BCUT2D eigenvalue weighted by atomic mass is 10.1. The average Bonchev–Trinajstić information content (AvgIpc) is 3.03. The highest BCUT2D eigenvalue weighted by Crippen LogP contribution is 2.44. The maximum Gasteiger partial charge on any atom is 0.147 e. The van der Waals surface area contributed by atoms with Crippen molar-refractivity contribution in [2.24, 2.45) is 5.92 Å². The van der Waals surface area contributed by atoms with E-state index in [0.717, 1.165) is 0 Å². The Balaban J connectivity index is 1.84. The van der Waals surface area contributed by atoms with Crippen molar-refractivity contribution in [3.63, 3.8) is 0 Å². The quantitative estimate of drug-likeness (QED) is 0.822. The highest BCUT2D eigenvalue weighted by atomic mass is 35.5. The second-order valence-corrected chi connectivity index (χ2v) is 6.01. The van der Waals surface area contributed by atoms with Crippen molar-refractivity contribution in [3.8, 4) is 0 Å². The second-order valence-electron chi connectivity index (χ2n) is 4.60. The Hall–Kier alpha value is -1.06. The molecule has 1 atom stereocenters. The molecule has 1 unspecified atom stereocenters. The number of thiophene rings is 1. The molecule has 1 aromatic heterocycles. The van der Waals surface area contributed by atoms with Gasteiger partial charge in [0.1, 0.15) is 5.82 Å². The highest BCUT2D eigenvalue weighted by molar-refractivity contribution is 7.10. The molecule has 1 aromatic carbocycles. The van der Waals surface area contributed by atoms with Crippen LogP contribution in [-0.2, 0) is 0 Å². The van der Waals surface area contributed by atoms with Gasteiger partial charge in [-0.15, -0.1) is 11.3 Å². The molecule has 0 aliphatic heterocycles.